The van der Waals surface area contributed by atoms with E-state index in [-0.39, 0.29) is 6.04 Å². The number of hydrogen-bond donors (Lipinski definition) is 1. The van der Waals surface area contributed by atoms with Crippen LogP contribution in [0.4, 0.5) is 0 Å². The predicted molar refractivity (Wildman–Crippen MR) is 82.4 cm³/mol. The maximum Gasteiger partial charge on any atom is 0.243 e. The van der Waals surface area contributed by atoms with Crippen molar-refractivity contribution in [2.24, 2.45) is 11.7 Å². The highest BCUT2D eigenvalue weighted by Crippen LogP contribution is 2.43. The molecule has 0 aromatic carbocycles. The number of aromatic nitrogens is 2. The molecule has 6 heteroatoms. The van der Waals surface area contributed by atoms with E-state index in [1.807, 2.05) is 23.5 Å². The maximum absolute atomic E-state index is 6.15. The van der Waals surface area contributed by atoms with Crippen LogP contribution < -0.4 is 5.73 Å². The molecule has 2 rings (SSSR count). The lowest BCUT2D eigenvalue weighted by molar-refractivity contribution is 0.310. The summed E-state index contributed by atoms with van der Waals surface area (Å²) in [5.74, 6) is 4.17. The molecule has 4 nitrogen and oxygen atoms in total. The molecule has 4 atom stereocenters. The third kappa shape index (κ3) is 3.47. The van der Waals surface area contributed by atoms with E-state index in [4.69, 9.17) is 10.3 Å². The van der Waals surface area contributed by atoms with Gasteiger partial charge in [-0.1, -0.05) is 32.3 Å². The molecule has 1 saturated heterocycles. The van der Waals surface area contributed by atoms with E-state index in [0.717, 1.165) is 24.4 Å². The van der Waals surface area contributed by atoms with Crippen LogP contribution >= 0.6 is 23.5 Å². The third-order valence-electron chi connectivity index (χ3n) is 3.71. The molecular weight excluding hydrogens is 278 g/mol. The summed E-state index contributed by atoms with van der Waals surface area (Å²) in [6.07, 6.45) is 2.16. The summed E-state index contributed by atoms with van der Waals surface area (Å²) >= 11 is 3.96. The normalized spacial score (nSPS) is 27.2. The first-order valence-corrected chi connectivity index (χ1v) is 9.09. The highest BCUT2D eigenvalue weighted by Gasteiger charge is 2.31. The fraction of sp³-hybridized carbons (Fsp3) is 0.846. The molecule has 2 N–H and O–H groups in total. The Labute approximate surface area is 123 Å². The summed E-state index contributed by atoms with van der Waals surface area (Å²) in [6, 6.07) is -0.146. The van der Waals surface area contributed by atoms with E-state index in [1.54, 1.807) is 0 Å². The Kier molecular flexibility index (Phi) is 5.59. The first-order valence-electron chi connectivity index (χ1n) is 6.99. The van der Waals surface area contributed by atoms with Gasteiger partial charge in [0.05, 0.1) is 11.3 Å². The van der Waals surface area contributed by atoms with Gasteiger partial charge in [0.15, 0.2) is 5.82 Å². The average molecular weight is 301 g/mol. The fourth-order valence-electron chi connectivity index (χ4n) is 2.14. The largest absolute Gasteiger partial charge is 0.338 e. The molecule has 0 bridgehead atoms. The van der Waals surface area contributed by atoms with Gasteiger partial charge in [-0.25, -0.2) is 0 Å². The van der Waals surface area contributed by atoms with Gasteiger partial charge in [0, 0.05) is 16.8 Å². The van der Waals surface area contributed by atoms with Crippen molar-refractivity contribution in [3.8, 4) is 0 Å². The zero-order chi connectivity index (χ0) is 13.8. The number of rotatable bonds is 5. The van der Waals surface area contributed by atoms with Gasteiger partial charge in [-0.2, -0.15) is 16.7 Å². The van der Waals surface area contributed by atoms with Crippen LogP contribution in [0.3, 0.4) is 0 Å². The van der Waals surface area contributed by atoms with Crippen molar-refractivity contribution in [2.45, 2.75) is 50.2 Å². The molecule has 0 radical (unpaired) electrons. The van der Waals surface area contributed by atoms with Gasteiger partial charge in [0.25, 0.3) is 0 Å². The highest BCUT2D eigenvalue weighted by atomic mass is 32.2. The zero-order valence-electron chi connectivity index (χ0n) is 11.8. The van der Waals surface area contributed by atoms with Gasteiger partial charge in [-0.05, 0) is 12.3 Å². The van der Waals surface area contributed by atoms with Gasteiger partial charge in [0.1, 0.15) is 0 Å². The molecule has 2 heterocycles. The van der Waals surface area contributed by atoms with E-state index >= 15 is 0 Å². The van der Waals surface area contributed by atoms with E-state index in [0.29, 0.717) is 22.3 Å². The Morgan fingerprint density at radius 2 is 2.11 bits per heavy atom. The van der Waals surface area contributed by atoms with Gasteiger partial charge in [-0.3, -0.25) is 0 Å². The van der Waals surface area contributed by atoms with Crippen molar-refractivity contribution in [3.63, 3.8) is 0 Å². The van der Waals surface area contributed by atoms with Crippen molar-refractivity contribution in [3.05, 3.63) is 11.7 Å². The summed E-state index contributed by atoms with van der Waals surface area (Å²) in [4.78, 5) is 4.56. The lowest BCUT2D eigenvalue weighted by Gasteiger charge is -2.27. The summed E-state index contributed by atoms with van der Waals surface area (Å²) in [5.41, 5.74) is 6.15. The number of thioether (sulfide) groups is 2. The molecule has 0 saturated carbocycles. The number of hydrogen-bond acceptors (Lipinski definition) is 6. The first-order chi connectivity index (χ1) is 9.17. The minimum absolute atomic E-state index is 0.146. The van der Waals surface area contributed by atoms with Crippen molar-refractivity contribution in [1.29, 1.82) is 0 Å². The molecule has 108 valence electrons. The molecule has 1 aliphatic rings. The second-order valence-electron chi connectivity index (χ2n) is 5.01. The highest BCUT2D eigenvalue weighted by molar-refractivity contribution is 8.06. The molecule has 1 aromatic rings. The number of nitrogens with zero attached hydrogens (tertiary/aromatic N) is 2. The van der Waals surface area contributed by atoms with Gasteiger partial charge >= 0.3 is 0 Å². The lowest BCUT2D eigenvalue weighted by Crippen LogP contribution is -2.21. The van der Waals surface area contributed by atoms with Crippen molar-refractivity contribution >= 4 is 23.5 Å². The SMILES string of the molecule is CCC(C)C(N)c1nc(C2SCCSC2CC)no1. The van der Waals surface area contributed by atoms with Crippen molar-refractivity contribution < 1.29 is 4.52 Å². The zero-order valence-corrected chi connectivity index (χ0v) is 13.5. The van der Waals surface area contributed by atoms with Crippen LogP contribution in [0.5, 0.6) is 0 Å². The molecule has 0 aliphatic carbocycles. The number of nitrogens with two attached hydrogens (primary N) is 1. The Morgan fingerprint density at radius 3 is 2.79 bits per heavy atom. The topological polar surface area (TPSA) is 64.9 Å². The monoisotopic (exact) mass is 301 g/mol. The summed E-state index contributed by atoms with van der Waals surface area (Å²) in [5, 5.41) is 5.11. The third-order valence-corrected chi connectivity index (χ3v) is 6.95. The lowest BCUT2D eigenvalue weighted by atomic mass is 10.0. The second kappa shape index (κ2) is 6.99. The summed E-state index contributed by atoms with van der Waals surface area (Å²) in [7, 11) is 0. The summed E-state index contributed by atoms with van der Waals surface area (Å²) < 4.78 is 5.39. The molecule has 19 heavy (non-hydrogen) atoms. The van der Waals surface area contributed by atoms with Crippen LogP contribution in [-0.2, 0) is 0 Å². The van der Waals surface area contributed by atoms with Gasteiger partial charge < -0.3 is 10.3 Å². The van der Waals surface area contributed by atoms with E-state index < -0.39 is 0 Å². The van der Waals surface area contributed by atoms with Gasteiger partial charge in [0.2, 0.25) is 5.89 Å². The molecule has 0 amide bonds. The van der Waals surface area contributed by atoms with Crippen molar-refractivity contribution in [1.82, 2.24) is 10.1 Å². The molecule has 4 unspecified atom stereocenters. The Morgan fingerprint density at radius 1 is 1.37 bits per heavy atom. The molecule has 0 spiro atoms. The maximum atomic E-state index is 6.15. The van der Waals surface area contributed by atoms with E-state index in [2.05, 4.69) is 30.9 Å². The second-order valence-corrected chi connectivity index (χ2v) is 7.61. The Balaban J connectivity index is 2.11. The smallest absolute Gasteiger partial charge is 0.243 e. The first kappa shape index (κ1) is 15.2. The predicted octanol–water partition coefficient (Wildman–Crippen LogP) is 3.42. The molecule has 1 fully saturated rings. The standard InChI is InChI=1S/C13H23N3OS2/c1-4-8(3)10(14)13-15-12(16-17-13)11-9(5-2)18-6-7-19-11/h8-11H,4-7,14H2,1-3H3. The minimum Gasteiger partial charge on any atom is -0.338 e. The van der Waals surface area contributed by atoms with Gasteiger partial charge in [-0.15, -0.1) is 11.8 Å². The van der Waals surface area contributed by atoms with E-state index in [1.165, 1.54) is 5.75 Å². The quantitative estimate of drug-likeness (QED) is 0.899. The van der Waals surface area contributed by atoms with E-state index in [9.17, 15) is 0 Å². The van der Waals surface area contributed by atoms with Crippen LogP contribution in [0.25, 0.3) is 0 Å². The van der Waals surface area contributed by atoms with Crippen molar-refractivity contribution in [2.75, 3.05) is 11.5 Å². The van der Waals surface area contributed by atoms with Crippen LogP contribution in [0, 0.1) is 5.92 Å². The molecule has 1 aromatic heterocycles. The van der Waals surface area contributed by atoms with Crippen LogP contribution in [0.15, 0.2) is 4.52 Å². The Bertz CT molecular complexity index is 399. The van der Waals surface area contributed by atoms with Crippen LogP contribution in [0.1, 0.15) is 56.6 Å². The molecule has 1 aliphatic heterocycles. The van der Waals surface area contributed by atoms with Crippen LogP contribution in [0.2, 0.25) is 0 Å². The average Bonchev–Trinajstić information content (AvgIpc) is 2.95. The minimum atomic E-state index is -0.146. The van der Waals surface area contributed by atoms with Crippen LogP contribution in [-0.4, -0.2) is 26.9 Å². The Hall–Kier alpha value is -0.200. The summed E-state index contributed by atoms with van der Waals surface area (Å²) in [6.45, 7) is 6.47. The fourth-order valence-corrected chi connectivity index (χ4v) is 5.12. The molecular formula is C13H23N3OS2.